The van der Waals surface area contributed by atoms with Gasteiger partial charge in [0.2, 0.25) is 29.5 Å². The van der Waals surface area contributed by atoms with Gasteiger partial charge in [-0.15, -0.1) is 0 Å². The van der Waals surface area contributed by atoms with E-state index in [1.165, 1.54) is 12.5 Å². The zero-order chi connectivity index (χ0) is 47.0. The molecule has 22 nitrogen and oxygen atoms in total. The van der Waals surface area contributed by atoms with E-state index in [1.54, 1.807) is 36.5 Å². The van der Waals surface area contributed by atoms with Crippen LogP contribution in [0.3, 0.4) is 0 Å². The molecule has 7 rings (SSSR count). The molecule has 3 fully saturated rings. The molecule has 22 heteroatoms. The van der Waals surface area contributed by atoms with E-state index in [1.807, 2.05) is 24.3 Å². The number of nitrogens with two attached hydrogens (primary N) is 3. The summed E-state index contributed by atoms with van der Waals surface area (Å²) in [4.78, 5) is 129. The summed E-state index contributed by atoms with van der Waals surface area (Å²) in [6.07, 6.45) is 4.35. The Morgan fingerprint density at radius 2 is 1.53 bits per heavy atom. The molecule has 2 aromatic carbocycles. The number of benzene rings is 2. The number of aromatic nitrogens is 3. The van der Waals surface area contributed by atoms with Crippen molar-refractivity contribution in [1.29, 1.82) is 0 Å². The van der Waals surface area contributed by atoms with Crippen LogP contribution in [0.15, 0.2) is 78.3 Å². The van der Waals surface area contributed by atoms with Gasteiger partial charge in [-0.1, -0.05) is 48.5 Å². The maximum Gasteiger partial charge on any atom is 0.325 e. The number of para-hydroxylation sites is 1. The number of imidazole rings is 1. The van der Waals surface area contributed by atoms with Crippen molar-refractivity contribution in [1.82, 2.24) is 51.8 Å². The molecular weight excluding hydrogens is 853 g/mol. The van der Waals surface area contributed by atoms with Crippen LogP contribution in [0.25, 0.3) is 10.9 Å². The number of hydrogen-bond acceptors (Lipinski definition) is 11. The summed E-state index contributed by atoms with van der Waals surface area (Å²) in [6.45, 7) is 0.0617. The molecule has 0 saturated carbocycles. The third-order valence-electron chi connectivity index (χ3n) is 12.2. The number of aliphatic imine (C=N–C) groups is 1. The van der Waals surface area contributed by atoms with Crippen molar-refractivity contribution in [2.45, 2.75) is 99.6 Å². The van der Waals surface area contributed by atoms with Gasteiger partial charge in [0.15, 0.2) is 11.7 Å². The number of hydrogen-bond donors (Lipinski definition) is 11. The number of nitrogens with one attached hydrogen (secondary N) is 8. The molecule has 5 heterocycles. The molecule has 2 aromatic heterocycles. The molecule has 3 aliphatic heterocycles. The normalized spacial score (nSPS) is 25.9. The first kappa shape index (κ1) is 46.4. The number of H-pyrrole nitrogens is 2. The summed E-state index contributed by atoms with van der Waals surface area (Å²) in [6, 6.07) is 6.33. The van der Waals surface area contributed by atoms with Gasteiger partial charge in [0.1, 0.15) is 41.8 Å². The molecule has 8 amide bonds. The van der Waals surface area contributed by atoms with Crippen LogP contribution in [0, 0.1) is 0 Å². The predicted octanol–water partition coefficient (Wildman–Crippen LogP) is -1.52. The number of guanidine groups is 1. The molecule has 348 valence electrons. The minimum Gasteiger partial charge on any atom is -0.370 e. The fourth-order valence-electron chi connectivity index (χ4n) is 8.87. The Kier molecular flexibility index (Phi) is 14.4. The highest BCUT2D eigenvalue weighted by molar-refractivity contribution is 6.09. The van der Waals surface area contributed by atoms with Gasteiger partial charge in [-0.25, -0.2) is 14.7 Å². The number of urea groups is 1. The van der Waals surface area contributed by atoms with Gasteiger partial charge in [-0.3, -0.25) is 43.9 Å². The van der Waals surface area contributed by atoms with E-state index in [0.29, 0.717) is 11.3 Å². The lowest BCUT2D eigenvalue weighted by molar-refractivity contribution is -0.141. The lowest BCUT2D eigenvalue weighted by Gasteiger charge is -2.41. The van der Waals surface area contributed by atoms with Crippen LogP contribution in [0.1, 0.15) is 61.8 Å². The first-order valence-corrected chi connectivity index (χ1v) is 21.8. The second-order valence-electron chi connectivity index (χ2n) is 16.6. The van der Waals surface area contributed by atoms with Gasteiger partial charge in [-0.05, 0) is 62.3 Å². The molecule has 2 bridgehead atoms. The lowest BCUT2D eigenvalue weighted by Crippen LogP contribution is -2.70. The van der Waals surface area contributed by atoms with Crippen LogP contribution >= 0.6 is 0 Å². The number of carbonyl (C=O) groups is 8. The number of aromatic amines is 2. The quantitative estimate of drug-likeness (QED) is 0.0374. The summed E-state index contributed by atoms with van der Waals surface area (Å²) in [7, 11) is 0. The molecule has 7 atom stereocenters. The van der Waals surface area contributed by atoms with E-state index in [2.05, 4.69) is 51.8 Å². The van der Waals surface area contributed by atoms with Gasteiger partial charge >= 0.3 is 6.03 Å². The van der Waals surface area contributed by atoms with Gasteiger partial charge in [0.25, 0.3) is 5.91 Å². The topological polar surface area (TPSA) is 347 Å². The number of ketones is 1. The van der Waals surface area contributed by atoms with Gasteiger partial charge in [-0.2, -0.15) is 0 Å². The average molecular weight is 907 g/mol. The number of carbonyl (C=O) groups excluding carboxylic acids is 8. The fraction of sp³-hybridized carbons (Fsp3) is 0.409. The summed E-state index contributed by atoms with van der Waals surface area (Å²) in [5.74, 6) is -5.84. The molecule has 1 unspecified atom stereocenters. The Balaban J connectivity index is 1.34. The zero-order valence-electron chi connectivity index (χ0n) is 36.0. The standard InChI is InChI=1S/C44H54N14O8/c45-36(60)29-13-6-7-18-52-44(25-9-2-1-3-10-25)34(59)16-15-31-41(65)58(43(66)56-31)33(20-26-22-48-23-51-26)39(63)57-35(44)40(64)54-30(14-8-17-49-42(46)47)37(61)55-32(38(62)53-29)19-24-21-50-28-12-5-4-11-27(24)28/h1-5,9-12,21-23,29-33,35,50,52H,6-8,13-20H2,(H2,45,60)(H,48,51)(H,53,62)(H,54,64)(H,55,61)(H,56,66)(H,57,63)(H4,46,47,49)/t29-,30-,31-,32-,33-,35-,44?/m0/s1. The Morgan fingerprint density at radius 3 is 2.27 bits per heavy atom. The first-order chi connectivity index (χ1) is 31.8. The van der Waals surface area contributed by atoms with Gasteiger partial charge in [0.05, 0.1) is 6.33 Å². The summed E-state index contributed by atoms with van der Waals surface area (Å²) in [5.41, 5.74) is 17.1. The number of rotatable bonds is 10. The monoisotopic (exact) mass is 906 g/mol. The van der Waals surface area contributed by atoms with Gasteiger partial charge < -0.3 is 53.8 Å². The fourth-order valence-corrected chi connectivity index (χ4v) is 8.87. The van der Waals surface area contributed by atoms with Crippen molar-refractivity contribution in [2.24, 2.45) is 22.2 Å². The molecule has 0 aliphatic carbocycles. The molecule has 3 aliphatic rings. The number of amides is 8. The SMILES string of the molecule is NC(=O)[C@@H]1CCCCNC2(c3ccccc3)C(=O)CC[C@@H]3NC(=O)N(C3=O)[C@@H](Cc3cnc[nH]3)C(=O)N[C@H]2C(=O)N[C@@H](CCCN=C(N)N)C(=O)N[C@@H](Cc2c[nH]c3ccccc23)C(=O)N1. The van der Waals surface area contributed by atoms with Crippen LogP contribution in [-0.2, 0) is 51.9 Å². The molecule has 0 radical (unpaired) electrons. The summed E-state index contributed by atoms with van der Waals surface area (Å²) in [5, 5.41) is 17.8. The Morgan fingerprint density at radius 1 is 0.788 bits per heavy atom. The predicted molar refractivity (Wildman–Crippen MR) is 238 cm³/mol. The van der Waals surface area contributed by atoms with Crippen LogP contribution in [0.5, 0.6) is 0 Å². The van der Waals surface area contributed by atoms with E-state index in [0.717, 1.165) is 15.8 Å². The van der Waals surface area contributed by atoms with E-state index >= 15 is 9.59 Å². The maximum absolute atomic E-state index is 15.4. The highest BCUT2D eigenvalue weighted by atomic mass is 16.2. The second-order valence-corrected chi connectivity index (χ2v) is 16.6. The number of Topliss-reactive ketones (excluding diaryl/α,β-unsaturated/α-hetero) is 1. The second kappa shape index (κ2) is 20.5. The lowest BCUT2D eigenvalue weighted by atomic mass is 9.76. The van der Waals surface area contributed by atoms with Crippen molar-refractivity contribution < 1.29 is 38.4 Å². The third kappa shape index (κ3) is 10.2. The van der Waals surface area contributed by atoms with Gasteiger partial charge in [0, 0.05) is 54.8 Å². The summed E-state index contributed by atoms with van der Waals surface area (Å²) < 4.78 is 0. The third-order valence-corrected chi connectivity index (χ3v) is 12.2. The summed E-state index contributed by atoms with van der Waals surface area (Å²) >= 11 is 0. The van der Waals surface area contributed by atoms with E-state index in [9.17, 15) is 28.8 Å². The highest BCUT2D eigenvalue weighted by Gasteiger charge is 2.54. The zero-order valence-corrected chi connectivity index (χ0v) is 36.0. The Bertz CT molecular complexity index is 2490. The number of fused-ring (bicyclic) bond motifs is 4. The number of primary amides is 1. The highest BCUT2D eigenvalue weighted by Crippen LogP contribution is 2.32. The largest absolute Gasteiger partial charge is 0.370 e. The van der Waals surface area contributed by atoms with Crippen molar-refractivity contribution in [3.63, 3.8) is 0 Å². The minimum absolute atomic E-state index is 0.0219. The smallest absolute Gasteiger partial charge is 0.325 e. The van der Waals surface area contributed by atoms with E-state index in [-0.39, 0.29) is 82.4 Å². The van der Waals surface area contributed by atoms with E-state index < -0.39 is 89.0 Å². The van der Waals surface area contributed by atoms with Crippen LogP contribution in [0.2, 0.25) is 0 Å². The molecule has 14 N–H and O–H groups in total. The maximum atomic E-state index is 15.4. The molecular formula is C44H54N14O8. The number of nitrogens with zero attached hydrogens (tertiary/aromatic N) is 3. The first-order valence-electron chi connectivity index (χ1n) is 21.8. The van der Waals surface area contributed by atoms with Crippen molar-refractivity contribution in [3.8, 4) is 0 Å². The molecule has 3 saturated heterocycles. The minimum atomic E-state index is -2.06. The Labute approximate surface area is 378 Å². The molecule has 66 heavy (non-hydrogen) atoms. The average Bonchev–Trinajstić information content (AvgIpc) is 4.04. The van der Waals surface area contributed by atoms with Crippen molar-refractivity contribution >= 4 is 64.1 Å². The molecule has 0 spiro atoms. The van der Waals surface area contributed by atoms with Crippen molar-refractivity contribution in [3.05, 3.63) is 90.1 Å². The number of imide groups is 1. The molecule has 4 aromatic rings. The van der Waals surface area contributed by atoms with Crippen LogP contribution in [0.4, 0.5) is 4.79 Å². The van der Waals surface area contributed by atoms with Crippen LogP contribution in [-0.4, -0.2) is 122 Å². The van der Waals surface area contributed by atoms with E-state index in [4.69, 9.17) is 17.2 Å². The van der Waals surface area contributed by atoms with Crippen molar-refractivity contribution in [2.75, 3.05) is 13.1 Å². The van der Waals surface area contributed by atoms with Crippen LogP contribution < -0.4 is 49.1 Å². The Hall–Kier alpha value is -7.62.